The summed E-state index contributed by atoms with van der Waals surface area (Å²) < 4.78 is 15.7. The number of methoxy groups -OCH3 is 2. The Labute approximate surface area is 188 Å². The highest BCUT2D eigenvalue weighted by Gasteiger charge is 2.33. The minimum atomic E-state index is -0.723. The summed E-state index contributed by atoms with van der Waals surface area (Å²) in [4.78, 5) is 27.6. The van der Waals surface area contributed by atoms with Crippen LogP contribution in [0.15, 0.2) is 63.7 Å². The summed E-state index contributed by atoms with van der Waals surface area (Å²) in [6.07, 6.45) is 1.65. The average molecular weight is 456 g/mol. The van der Waals surface area contributed by atoms with E-state index >= 15 is 0 Å². The van der Waals surface area contributed by atoms with Gasteiger partial charge in [0.25, 0.3) is 5.69 Å². The van der Waals surface area contributed by atoms with Crippen LogP contribution in [0.3, 0.4) is 0 Å². The smallest absolute Gasteiger partial charge is 0.344 e. The molecule has 1 aliphatic heterocycles. The zero-order chi connectivity index (χ0) is 23.3. The zero-order valence-electron chi connectivity index (χ0n) is 17.5. The van der Waals surface area contributed by atoms with Crippen LogP contribution in [0.25, 0.3) is 6.08 Å². The quantitative estimate of drug-likeness (QED) is 0.358. The van der Waals surface area contributed by atoms with Gasteiger partial charge in [0.15, 0.2) is 0 Å². The lowest BCUT2D eigenvalue weighted by atomic mass is 10.1. The van der Waals surface area contributed by atoms with E-state index < -0.39 is 10.9 Å². The van der Waals surface area contributed by atoms with E-state index in [0.29, 0.717) is 27.7 Å². The standard InChI is InChI=1S/C22H20N2O7S/c1-4-31-22(26)19-20(25)18(12-13-11-16(29-2)9-10-17(13)30-3)32-21(19)23-14-5-7-15(8-6-14)24(27)28/h5-12,25H,4H2,1-3H3/b18-12+,23-21?. The minimum absolute atomic E-state index is 0.0803. The second-order valence-corrected chi connectivity index (χ2v) is 7.38. The highest BCUT2D eigenvalue weighted by Crippen LogP contribution is 2.41. The number of nitro groups is 1. The SMILES string of the molecule is CCOC(=O)C1=C(O)/C(=C\c2cc(OC)ccc2OC)SC1=Nc1ccc([N+](=O)[O-])cc1. The third-order valence-corrected chi connectivity index (χ3v) is 5.40. The monoisotopic (exact) mass is 456 g/mol. The van der Waals surface area contributed by atoms with E-state index in [1.807, 2.05) is 0 Å². The van der Waals surface area contributed by atoms with Crippen LogP contribution in [0.5, 0.6) is 11.5 Å². The van der Waals surface area contributed by atoms with Crippen molar-refractivity contribution in [2.75, 3.05) is 20.8 Å². The van der Waals surface area contributed by atoms with Crippen molar-refractivity contribution in [2.24, 2.45) is 4.99 Å². The number of nitrogens with zero attached hydrogens (tertiary/aromatic N) is 2. The maximum Gasteiger partial charge on any atom is 0.344 e. The highest BCUT2D eigenvalue weighted by atomic mass is 32.2. The first-order valence-electron chi connectivity index (χ1n) is 9.43. The van der Waals surface area contributed by atoms with Crippen molar-refractivity contribution in [3.63, 3.8) is 0 Å². The Bertz CT molecular complexity index is 1140. The molecule has 0 amide bonds. The largest absolute Gasteiger partial charge is 0.506 e. The van der Waals surface area contributed by atoms with Gasteiger partial charge in [0.05, 0.1) is 36.3 Å². The van der Waals surface area contributed by atoms with E-state index in [1.54, 1.807) is 31.2 Å². The van der Waals surface area contributed by atoms with E-state index in [-0.39, 0.29) is 28.7 Å². The first-order chi connectivity index (χ1) is 15.4. The number of esters is 1. The molecule has 2 aromatic carbocycles. The van der Waals surface area contributed by atoms with Crippen LogP contribution >= 0.6 is 11.8 Å². The molecule has 166 valence electrons. The molecule has 0 fully saturated rings. The van der Waals surface area contributed by atoms with Crippen molar-refractivity contribution in [1.82, 2.24) is 0 Å². The van der Waals surface area contributed by atoms with Crippen LogP contribution in [-0.2, 0) is 9.53 Å². The van der Waals surface area contributed by atoms with Crippen molar-refractivity contribution >= 4 is 40.2 Å². The van der Waals surface area contributed by atoms with Gasteiger partial charge in [0.2, 0.25) is 0 Å². The number of aliphatic imine (C=N–C) groups is 1. The van der Waals surface area contributed by atoms with Crippen molar-refractivity contribution in [3.05, 3.63) is 74.4 Å². The highest BCUT2D eigenvalue weighted by molar-refractivity contribution is 8.18. The zero-order valence-corrected chi connectivity index (χ0v) is 18.3. The van der Waals surface area contributed by atoms with E-state index in [2.05, 4.69) is 4.99 Å². The number of ether oxygens (including phenoxy) is 3. The third kappa shape index (κ3) is 4.92. The number of carbonyl (C=O) groups excluding carboxylic acids is 1. The molecule has 0 bridgehead atoms. The Morgan fingerprint density at radius 2 is 1.91 bits per heavy atom. The van der Waals surface area contributed by atoms with Gasteiger partial charge in [-0.25, -0.2) is 9.79 Å². The molecule has 1 aliphatic rings. The molecule has 1 N–H and O–H groups in total. The molecule has 9 nitrogen and oxygen atoms in total. The Morgan fingerprint density at radius 1 is 1.19 bits per heavy atom. The van der Waals surface area contributed by atoms with Crippen molar-refractivity contribution in [2.45, 2.75) is 6.92 Å². The Hall–Kier alpha value is -3.79. The molecular weight excluding hydrogens is 436 g/mol. The normalized spacial score (nSPS) is 15.8. The molecular formula is C22H20N2O7S. The summed E-state index contributed by atoms with van der Waals surface area (Å²) in [5, 5.41) is 21.9. The van der Waals surface area contributed by atoms with Crippen LogP contribution in [0.2, 0.25) is 0 Å². The summed E-state index contributed by atoms with van der Waals surface area (Å²) in [5.41, 5.74) is 0.847. The van der Waals surface area contributed by atoms with E-state index in [4.69, 9.17) is 14.2 Å². The molecule has 0 unspecified atom stereocenters. The molecule has 0 saturated carbocycles. The fraction of sp³-hybridized carbons (Fsp3) is 0.182. The van der Waals surface area contributed by atoms with Gasteiger partial charge in [0.1, 0.15) is 27.9 Å². The number of carbonyl (C=O) groups is 1. The number of aliphatic hydroxyl groups is 1. The lowest BCUT2D eigenvalue weighted by Gasteiger charge is -2.08. The number of nitro benzene ring substituents is 1. The van der Waals surface area contributed by atoms with Crippen LogP contribution < -0.4 is 9.47 Å². The molecule has 0 atom stereocenters. The number of benzene rings is 2. The molecule has 1 heterocycles. The maximum absolute atomic E-state index is 12.5. The van der Waals surface area contributed by atoms with Gasteiger partial charge < -0.3 is 19.3 Å². The lowest BCUT2D eigenvalue weighted by Crippen LogP contribution is -2.12. The van der Waals surface area contributed by atoms with Gasteiger partial charge in [-0.3, -0.25) is 10.1 Å². The van der Waals surface area contributed by atoms with Crippen LogP contribution in [-0.4, -0.2) is 41.9 Å². The van der Waals surface area contributed by atoms with Crippen molar-refractivity contribution in [3.8, 4) is 11.5 Å². The van der Waals surface area contributed by atoms with Crippen LogP contribution in [0.1, 0.15) is 12.5 Å². The summed E-state index contributed by atoms with van der Waals surface area (Å²) in [5.74, 6) is 0.137. The van der Waals surface area contributed by atoms with Gasteiger partial charge in [0, 0.05) is 17.7 Å². The van der Waals surface area contributed by atoms with Gasteiger partial charge in [-0.2, -0.15) is 0 Å². The van der Waals surface area contributed by atoms with Crippen LogP contribution in [0.4, 0.5) is 11.4 Å². The number of hydrogen-bond acceptors (Lipinski definition) is 9. The Kier molecular flexibility index (Phi) is 7.16. The van der Waals surface area contributed by atoms with E-state index in [1.165, 1.54) is 38.5 Å². The molecule has 0 aliphatic carbocycles. The number of hydrogen-bond donors (Lipinski definition) is 1. The molecule has 0 saturated heterocycles. The van der Waals surface area contributed by atoms with Crippen LogP contribution in [0, 0.1) is 10.1 Å². The van der Waals surface area contributed by atoms with Gasteiger partial charge >= 0.3 is 5.97 Å². The molecule has 2 aromatic rings. The molecule has 0 aromatic heterocycles. The minimum Gasteiger partial charge on any atom is -0.506 e. The number of rotatable bonds is 7. The first kappa shape index (κ1) is 22.9. The van der Waals surface area contributed by atoms with Gasteiger partial charge in [-0.15, -0.1) is 0 Å². The fourth-order valence-electron chi connectivity index (χ4n) is 2.85. The Balaban J connectivity index is 2.06. The van der Waals surface area contributed by atoms with Gasteiger partial charge in [-0.05, 0) is 43.3 Å². The van der Waals surface area contributed by atoms with Crippen molar-refractivity contribution < 1.29 is 29.0 Å². The summed E-state index contributed by atoms with van der Waals surface area (Å²) in [6, 6.07) is 10.7. The second kappa shape index (κ2) is 10.0. The Morgan fingerprint density at radius 3 is 2.50 bits per heavy atom. The fourth-order valence-corrected chi connectivity index (χ4v) is 3.88. The molecule has 0 radical (unpaired) electrons. The predicted octanol–water partition coefficient (Wildman–Crippen LogP) is 4.81. The molecule has 3 rings (SSSR count). The van der Waals surface area contributed by atoms with Gasteiger partial charge in [-0.1, -0.05) is 11.8 Å². The number of aliphatic hydroxyl groups excluding tert-OH is 1. The van der Waals surface area contributed by atoms with Crippen molar-refractivity contribution in [1.29, 1.82) is 0 Å². The molecule has 32 heavy (non-hydrogen) atoms. The molecule has 10 heteroatoms. The van der Waals surface area contributed by atoms with E-state index in [0.717, 1.165) is 11.8 Å². The molecule has 0 spiro atoms. The number of non-ortho nitro benzene ring substituents is 1. The first-order valence-corrected chi connectivity index (χ1v) is 10.2. The predicted molar refractivity (Wildman–Crippen MR) is 122 cm³/mol. The summed E-state index contributed by atoms with van der Waals surface area (Å²) in [6.45, 7) is 1.77. The van der Waals surface area contributed by atoms with E-state index in [9.17, 15) is 20.0 Å². The summed E-state index contributed by atoms with van der Waals surface area (Å²) >= 11 is 1.07. The maximum atomic E-state index is 12.5. The third-order valence-electron chi connectivity index (χ3n) is 4.38. The topological polar surface area (TPSA) is 120 Å². The average Bonchev–Trinajstić information content (AvgIpc) is 3.08. The summed E-state index contributed by atoms with van der Waals surface area (Å²) in [7, 11) is 3.06. The lowest BCUT2D eigenvalue weighted by molar-refractivity contribution is -0.384. The second-order valence-electron chi connectivity index (χ2n) is 6.35. The number of thioether (sulfide) groups is 1.